The van der Waals surface area contributed by atoms with E-state index in [9.17, 15) is 21.0 Å². The van der Waals surface area contributed by atoms with Gasteiger partial charge in [-0.3, -0.25) is 0 Å². The first kappa shape index (κ1) is 60.1. The largest absolute Gasteiger partial charge is 0.205 e. The molecule has 464 valence electrons. The third-order valence-electron chi connectivity index (χ3n) is 19.2. The predicted molar refractivity (Wildman–Crippen MR) is 402 cm³/mol. The summed E-state index contributed by atoms with van der Waals surface area (Å²) in [7, 11) is 0. The van der Waals surface area contributed by atoms with Gasteiger partial charge < -0.3 is 0 Å². The molecule has 0 N–H and O–H groups in total. The Labute approximate surface area is 592 Å². The van der Waals surface area contributed by atoms with Crippen molar-refractivity contribution in [3.05, 3.63) is 271 Å². The van der Waals surface area contributed by atoms with E-state index in [1.807, 2.05) is 48.5 Å². The summed E-state index contributed by atoms with van der Waals surface area (Å²) in [5.41, 5.74) is 16.8. The summed E-state index contributed by atoms with van der Waals surface area (Å²) in [4.78, 5) is 7.42. The van der Waals surface area contributed by atoms with Crippen molar-refractivity contribution in [3.63, 3.8) is 0 Å². The van der Waals surface area contributed by atoms with Crippen molar-refractivity contribution in [2.24, 2.45) is 0 Å². The van der Waals surface area contributed by atoms with Crippen molar-refractivity contribution in [2.75, 3.05) is 0 Å². The van der Waals surface area contributed by atoms with Gasteiger partial charge in [-0.1, -0.05) is 144 Å². The second kappa shape index (κ2) is 22.6. The molecule has 2 aliphatic carbocycles. The average molecular weight is 1410 g/mol. The number of nitriles is 4. The van der Waals surface area contributed by atoms with Gasteiger partial charge in [-0.2, -0.15) is 38.5 Å². The fourth-order valence-corrected chi connectivity index (χ4v) is 23.4. The molecule has 8 aromatic heterocycles. The Bertz CT molecular complexity index is 5860. The number of nitrogens with zero attached hydrogens (tertiary/aromatic N) is 8. The number of halogens is 2. The van der Waals surface area contributed by atoms with Gasteiger partial charge in [-0.05, 0) is 133 Å². The summed E-state index contributed by atoms with van der Waals surface area (Å²) in [6, 6.07) is 67.4. The van der Waals surface area contributed by atoms with Crippen LogP contribution in [0.1, 0.15) is 77.9 Å². The van der Waals surface area contributed by atoms with Crippen molar-refractivity contribution in [1.29, 1.82) is 21.0 Å². The maximum atomic E-state index is 19.2. The van der Waals surface area contributed by atoms with Crippen LogP contribution in [0.2, 0.25) is 0 Å². The van der Waals surface area contributed by atoms with E-state index in [-0.39, 0.29) is 22.8 Å². The number of hydrogen-bond donors (Lipinski definition) is 0. The van der Waals surface area contributed by atoms with Crippen molar-refractivity contribution < 1.29 is 8.78 Å². The smallest absolute Gasteiger partial charge is 0.149 e. The van der Waals surface area contributed by atoms with Gasteiger partial charge in [-0.15, -0.1) is 68.0 Å². The molecule has 8 aromatic carbocycles. The van der Waals surface area contributed by atoms with E-state index in [0.29, 0.717) is 53.7 Å². The monoisotopic (exact) mass is 1410 g/mol. The van der Waals surface area contributed by atoms with Gasteiger partial charge in [-0.25, -0.2) is 8.78 Å². The molecule has 2 aliphatic rings. The predicted octanol–water partition coefficient (Wildman–Crippen LogP) is 23.3. The lowest BCUT2D eigenvalue weighted by molar-refractivity contribution is 0.642. The SMILES string of the molecule is Cc1ccc(C2(c3ccc(C)cc3)c3cc4cc(-c5ccc(-c6ccc(C=C(C#N)C#N)c7nsnc67)s5)sc4c(F)c3-c3sc4c5c(sc4c32)-c2c(cc3cc(-c4ccc(-c6ccc(C=C(C#N)C#N)c7nsnc67)s4)sc3c2F)C5(c2ccc(C)cc2)c2ccc(C)cc2)cc1. The van der Waals surface area contributed by atoms with Crippen LogP contribution in [0.4, 0.5) is 8.78 Å². The Morgan fingerprint density at radius 2 is 0.704 bits per heavy atom. The quantitative estimate of drug-likeness (QED) is 0.123. The van der Waals surface area contributed by atoms with E-state index in [4.69, 9.17) is 0 Å². The van der Waals surface area contributed by atoms with Crippen molar-refractivity contribution in [2.45, 2.75) is 38.5 Å². The van der Waals surface area contributed by atoms with Crippen LogP contribution in [0.15, 0.2) is 181 Å². The maximum absolute atomic E-state index is 19.2. The first-order valence-electron chi connectivity index (χ1n) is 31.0. The molecule has 0 unspecified atom stereocenters. The van der Waals surface area contributed by atoms with Gasteiger partial charge in [0.25, 0.3) is 0 Å². The summed E-state index contributed by atoms with van der Waals surface area (Å²) in [5.74, 6) is -0.548. The van der Waals surface area contributed by atoms with Gasteiger partial charge >= 0.3 is 0 Å². The second-order valence-corrected chi connectivity index (χ2v) is 32.1. The van der Waals surface area contributed by atoms with Crippen LogP contribution in [0, 0.1) is 84.7 Å². The molecule has 0 aliphatic heterocycles. The van der Waals surface area contributed by atoms with E-state index in [1.165, 1.54) is 34.8 Å². The number of benzene rings is 8. The molecule has 16 aromatic rings. The molecule has 0 radical (unpaired) electrons. The number of fused-ring (bicyclic) bond motifs is 13. The molecule has 0 fully saturated rings. The van der Waals surface area contributed by atoms with Gasteiger partial charge in [0.15, 0.2) is 0 Å². The topological polar surface area (TPSA) is 147 Å². The number of aryl methyl sites for hydroxylation is 4. The normalized spacial score (nSPS) is 13.1. The standard InChI is InChI=1S/C80H42F2N8S8/c1-39-5-15-49(16-6-39)79(50-17-7-40(2)8-18-50)55-31-47-33-61(59-27-25-57(91-59)53-23-13-45(29-43(35-83)36-84)69-71(53)89-97-87-69)93-73(47)67(81)63(55)75-65(79)77-78(95-75)66-76(96-77)64-56(80(66,51-19-9-41(3)10-20-51)52-21-11-42(4)12-22-52)32-48-34-62(94-74(48)68(64)82)60-28-26-58(92-60)54-24-14-46(30-44(37-85)38-86)70-72(54)90-98-88-70/h5-34H,1-4H3. The molecule has 0 spiro atoms. The van der Waals surface area contributed by atoms with Gasteiger partial charge in [0, 0.05) is 83.5 Å². The highest BCUT2D eigenvalue weighted by atomic mass is 32.1. The van der Waals surface area contributed by atoms with E-state index < -0.39 is 10.8 Å². The molecular weight excluding hydrogens is 1370 g/mol. The van der Waals surface area contributed by atoms with E-state index in [1.54, 1.807) is 45.3 Å². The summed E-state index contributed by atoms with van der Waals surface area (Å²) < 4.78 is 60.0. The van der Waals surface area contributed by atoms with E-state index in [2.05, 4.69) is 191 Å². The lowest BCUT2D eigenvalue weighted by atomic mass is 9.66. The highest BCUT2D eigenvalue weighted by molar-refractivity contribution is 7.32. The van der Waals surface area contributed by atoms with Crippen molar-refractivity contribution in [1.82, 2.24) is 17.5 Å². The molecule has 0 saturated heterocycles. The Hall–Kier alpha value is -10.3. The second-order valence-electron chi connectivity index (χ2n) is 24.7. The number of rotatable bonds is 10. The molecule has 0 bridgehead atoms. The molecule has 18 heteroatoms. The van der Waals surface area contributed by atoms with Crippen LogP contribution in [-0.2, 0) is 10.8 Å². The minimum Gasteiger partial charge on any atom is -0.205 e. The van der Waals surface area contributed by atoms with Crippen LogP contribution >= 0.6 is 91.5 Å². The number of hydrogen-bond acceptors (Lipinski definition) is 16. The molecular formula is C80H42F2N8S8. The Kier molecular flexibility index (Phi) is 13.9. The third-order valence-corrected chi connectivity index (χ3v) is 27.7. The van der Waals surface area contributed by atoms with Crippen LogP contribution in [-0.4, -0.2) is 17.5 Å². The van der Waals surface area contributed by atoms with Gasteiger partial charge in [0.1, 0.15) is 69.1 Å². The number of aromatic nitrogens is 4. The number of allylic oxidation sites excluding steroid dienone is 2. The fourth-order valence-electron chi connectivity index (χ4n) is 14.7. The zero-order valence-corrected chi connectivity index (χ0v) is 58.5. The van der Waals surface area contributed by atoms with Crippen LogP contribution in [0.25, 0.3) is 125 Å². The summed E-state index contributed by atoms with van der Waals surface area (Å²) in [6.45, 7) is 8.38. The summed E-state index contributed by atoms with van der Waals surface area (Å²) >= 11 is 11.5. The van der Waals surface area contributed by atoms with Crippen molar-refractivity contribution >= 4 is 155 Å². The van der Waals surface area contributed by atoms with Crippen molar-refractivity contribution in [3.8, 4) is 85.5 Å². The van der Waals surface area contributed by atoms with Gasteiger partial charge in [0.05, 0.1) is 53.1 Å². The average Bonchev–Trinajstić information content (AvgIpc) is 1.48. The van der Waals surface area contributed by atoms with Crippen LogP contribution in [0.3, 0.4) is 0 Å². The Morgan fingerprint density at radius 1 is 0.367 bits per heavy atom. The maximum Gasteiger partial charge on any atom is 0.149 e. The summed E-state index contributed by atoms with van der Waals surface area (Å²) in [6.07, 6.45) is 3.08. The highest BCUT2D eigenvalue weighted by Gasteiger charge is 2.55. The molecule has 0 saturated carbocycles. The summed E-state index contributed by atoms with van der Waals surface area (Å²) in [5, 5.41) is 39.8. The lowest BCUT2D eigenvalue weighted by Gasteiger charge is -2.34. The van der Waals surface area contributed by atoms with E-state index >= 15 is 8.78 Å². The van der Waals surface area contributed by atoms with Gasteiger partial charge in [0.2, 0.25) is 0 Å². The molecule has 8 heterocycles. The molecule has 8 nitrogen and oxygen atoms in total. The highest BCUT2D eigenvalue weighted by Crippen LogP contribution is 2.70. The third kappa shape index (κ3) is 8.70. The lowest BCUT2D eigenvalue weighted by Crippen LogP contribution is -2.29. The zero-order valence-electron chi connectivity index (χ0n) is 51.9. The molecule has 0 atom stereocenters. The minimum absolute atomic E-state index is 0.0199. The first-order chi connectivity index (χ1) is 47.8. The molecule has 18 rings (SSSR count). The Balaban J connectivity index is 0.856. The number of thiophene rings is 6. The molecule has 98 heavy (non-hydrogen) atoms. The Morgan fingerprint density at radius 3 is 1.05 bits per heavy atom. The minimum atomic E-state index is -1.03. The first-order valence-corrected chi connectivity index (χ1v) is 37.3. The fraction of sp³-hybridized carbons (Fsp3) is 0.0750. The van der Waals surface area contributed by atoms with E-state index in [0.717, 1.165) is 161 Å². The zero-order chi connectivity index (χ0) is 66.6. The van der Waals surface area contributed by atoms with Crippen LogP contribution < -0.4 is 0 Å². The molecule has 0 amide bonds. The van der Waals surface area contributed by atoms with Crippen LogP contribution in [0.5, 0.6) is 0 Å².